The van der Waals surface area contributed by atoms with Crippen LogP contribution in [-0.4, -0.2) is 41.8 Å². The number of carbonyl (C=O) groups is 3. The third kappa shape index (κ3) is 5.24. The summed E-state index contributed by atoms with van der Waals surface area (Å²) in [7, 11) is 0. The summed E-state index contributed by atoms with van der Waals surface area (Å²) >= 11 is 0. The van der Waals surface area contributed by atoms with Crippen molar-refractivity contribution in [3.8, 4) is 11.1 Å². The van der Waals surface area contributed by atoms with Crippen molar-refractivity contribution in [1.82, 2.24) is 10.6 Å². The summed E-state index contributed by atoms with van der Waals surface area (Å²) in [6, 6.07) is 15.0. The van der Waals surface area contributed by atoms with Gasteiger partial charge in [-0.15, -0.1) is 0 Å². The molecule has 0 bridgehead atoms. The van der Waals surface area contributed by atoms with Gasteiger partial charge >= 0.3 is 12.1 Å². The van der Waals surface area contributed by atoms with Crippen LogP contribution in [-0.2, 0) is 14.3 Å². The molecule has 2 aromatic carbocycles. The van der Waals surface area contributed by atoms with Crippen molar-refractivity contribution >= 4 is 18.0 Å². The van der Waals surface area contributed by atoms with Crippen molar-refractivity contribution in [1.29, 1.82) is 0 Å². The number of alkyl carbamates (subject to hydrolysis) is 1. The second kappa shape index (κ2) is 10.7. The summed E-state index contributed by atoms with van der Waals surface area (Å²) in [5.41, 5.74) is 4.61. The number of aliphatic carboxylic acids is 1. The van der Waals surface area contributed by atoms with Gasteiger partial charge in [-0.3, -0.25) is 4.79 Å². The minimum atomic E-state index is -1.06. The average Bonchev–Trinajstić information content (AvgIpc) is 3.47. The molecule has 180 valence electrons. The Balaban J connectivity index is 1.39. The molecule has 7 heteroatoms. The van der Waals surface area contributed by atoms with Crippen LogP contribution in [0.4, 0.5) is 4.79 Å². The van der Waals surface area contributed by atoms with Crippen LogP contribution in [0, 0.1) is 5.92 Å². The number of hydrogen-bond acceptors (Lipinski definition) is 4. The highest BCUT2D eigenvalue weighted by Crippen LogP contribution is 2.44. The van der Waals surface area contributed by atoms with Crippen LogP contribution in [0.25, 0.3) is 11.1 Å². The lowest BCUT2D eigenvalue weighted by Gasteiger charge is -2.25. The number of amides is 2. The van der Waals surface area contributed by atoms with Crippen LogP contribution < -0.4 is 10.6 Å². The monoisotopic (exact) mass is 464 g/mol. The Hall–Kier alpha value is -3.35. The maximum Gasteiger partial charge on any atom is 0.407 e. The van der Waals surface area contributed by atoms with Gasteiger partial charge < -0.3 is 20.5 Å². The maximum absolute atomic E-state index is 12.8. The number of carboxylic acids is 1. The van der Waals surface area contributed by atoms with Crippen molar-refractivity contribution in [2.45, 2.75) is 63.5 Å². The fraction of sp³-hybridized carbons (Fsp3) is 0.444. The quantitative estimate of drug-likeness (QED) is 0.508. The van der Waals surface area contributed by atoms with E-state index >= 15 is 0 Å². The van der Waals surface area contributed by atoms with Gasteiger partial charge in [-0.25, -0.2) is 9.59 Å². The standard InChI is InChI=1S/C27H32N2O5/c1-2-23(26(31)32)28-25(30)15-24(17-9-3-4-10-17)29-27(33)34-16-22-20-13-7-5-11-18(20)19-12-6-8-14-21(19)22/h5-8,11-14,17,22-24H,2-4,9-10,15-16H2,1H3,(H,28,30)(H,29,33)(H,31,32)/t23-,24?/m0/s1. The zero-order valence-corrected chi connectivity index (χ0v) is 19.5. The SMILES string of the molecule is CC[C@H](NC(=O)CC(NC(=O)OCC1c2ccccc2-c2ccccc21)C1CCCC1)C(=O)O. The lowest BCUT2D eigenvalue weighted by atomic mass is 9.95. The Morgan fingerprint density at radius 1 is 0.971 bits per heavy atom. The highest BCUT2D eigenvalue weighted by molar-refractivity contribution is 5.84. The molecule has 2 amide bonds. The van der Waals surface area contributed by atoms with Crippen LogP contribution in [0.3, 0.4) is 0 Å². The smallest absolute Gasteiger partial charge is 0.407 e. The molecule has 2 atom stereocenters. The summed E-state index contributed by atoms with van der Waals surface area (Å²) in [5, 5.41) is 14.7. The molecule has 1 fully saturated rings. The largest absolute Gasteiger partial charge is 0.480 e. The van der Waals surface area contributed by atoms with Gasteiger partial charge in [0.25, 0.3) is 0 Å². The summed E-state index contributed by atoms with van der Waals surface area (Å²) < 4.78 is 5.68. The second-order valence-corrected chi connectivity index (χ2v) is 9.19. The number of nitrogens with one attached hydrogen (secondary N) is 2. The third-order valence-corrected chi connectivity index (χ3v) is 7.06. The highest BCUT2D eigenvalue weighted by atomic mass is 16.5. The number of fused-ring (bicyclic) bond motifs is 3. The molecule has 2 aliphatic carbocycles. The van der Waals surface area contributed by atoms with E-state index in [1.165, 1.54) is 0 Å². The third-order valence-electron chi connectivity index (χ3n) is 7.06. The van der Waals surface area contributed by atoms with E-state index in [1.54, 1.807) is 6.92 Å². The Labute approximate surface area is 199 Å². The molecule has 0 heterocycles. The first-order valence-electron chi connectivity index (χ1n) is 12.1. The molecule has 0 aromatic heterocycles. The fourth-order valence-electron chi connectivity index (χ4n) is 5.28. The van der Waals surface area contributed by atoms with E-state index in [9.17, 15) is 19.5 Å². The van der Waals surface area contributed by atoms with Crippen molar-refractivity contribution in [2.24, 2.45) is 5.92 Å². The van der Waals surface area contributed by atoms with Crippen LogP contribution in [0.2, 0.25) is 0 Å². The molecule has 0 radical (unpaired) electrons. The Morgan fingerprint density at radius 3 is 2.12 bits per heavy atom. The predicted octanol–water partition coefficient (Wildman–Crippen LogP) is 4.45. The topological polar surface area (TPSA) is 105 Å². The van der Waals surface area contributed by atoms with Gasteiger partial charge in [0.05, 0.1) is 0 Å². The molecule has 2 aliphatic rings. The van der Waals surface area contributed by atoms with Crippen LogP contribution >= 0.6 is 0 Å². The molecule has 0 spiro atoms. The van der Waals surface area contributed by atoms with Gasteiger partial charge in [0, 0.05) is 18.4 Å². The predicted molar refractivity (Wildman–Crippen MR) is 128 cm³/mol. The Kier molecular flexibility index (Phi) is 7.50. The zero-order valence-electron chi connectivity index (χ0n) is 19.5. The molecule has 1 unspecified atom stereocenters. The van der Waals surface area contributed by atoms with Crippen molar-refractivity contribution in [3.05, 3.63) is 59.7 Å². The van der Waals surface area contributed by atoms with Crippen molar-refractivity contribution in [2.75, 3.05) is 6.61 Å². The van der Waals surface area contributed by atoms with E-state index in [4.69, 9.17) is 4.74 Å². The summed E-state index contributed by atoms with van der Waals surface area (Å²) in [6.45, 7) is 1.92. The van der Waals surface area contributed by atoms with E-state index < -0.39 is 18.1 Å². The molecule has 1 saturated carbocycles. The summed E-state index contributed by atoms with van der Waals surface area (Å²) in [6.07, 6.45) is 3.77. The Bertz CT molecular complexity index is 1000. The van der Waals surface area contributed by atoms with Gasteiger partial charge in [-0.1, -0.05) is 68.3 Å². The molecule has 0 aliphatic heterocycles. The summed E-state index contributed by atoms with van der Waals surface area (Å²) in [4.78, 5) is 36.6. The van der Waals surface area contributed by atoms with Gasteiger partial charge in [-0.05, 0) is 47.4 Å². The molecule has 3 N–H and O–H groups in total. The van der Waals surface area contributed by atoms with E-state index in [2.05, 4.69) is 34.9 Å². The molecule has 4 rings (SSSR count). The van der Waals surface area contributed by atoms with E-state index in [-0.39, 0.29) is 36.8 Å². The minimum Gasteiger partial charge on any atom is -0.480 e. The number of carboxylic acid groups (broad SMARTS) is 1. The number of hydrogen-bond donors (Lipinski definition) is 3. The van der Waals surface area contributed by atoms with Gasteiger partial charge in [0.1, 0.15) is 12.6 Å². The van der Waals surface area contributed by atoms with Crippen LogP contribution in [0.1, 0.15) is 62.5 Å². The molecule has 7 nitrogen and oxygen atoms in total. The van der Waals surface area contributed by atoms with E-state index in [0.29, 0.717) is 6.42 Å². The minimum absolute atomic E-state index is 0.0349. The first-order chi connectivity index (χ1) is 16.5. The average molecular weight is 465 g/mol. The number of benzene rings is 2. The lowest BCUT2D eigenvalue weighted by molar-refractivity contribution is -0.142. The second-order valence-electron chi connectivity index (χ2n) is 9.19. The number of rotatable bonds is 9. The Morgan fingerprint density at radius 2 is 1.56 bits per heavy atom. The van der Waals surface area contributed by atoms with Gasteiger partial charge in [0.15, 0.2) is 0 Å². The van der Waals surface area contributed by atoms with E-state index in [1.807, 2.05) is 24.3 Å². The highest BCUT2D eigenvalue weighted by Gasteiger charge is 2.32. The van der Waals surface area contributed by atoms with Gasteiger partial charge in [-0.2, -0.15) is 0 Å². The zero-order chi connectivity index (χ0) is 24.1. The molecule has 2 aromatic rings. The first-order valence-corrected chi connectivity index (χ1v) is 12.1. The lowest BCUT2D eigenvalue weighted by Crippen LogP contribution is -2.46. The van der Waals surface area contributed by atoms with Gasteiger partial charge in [0.2, 0.25) is 5.91 Å². The molecular formula is C27H32N2O5. The normalized spacial score (nSPS) is 16.9. The van der Waals surface area contributed by atoms with Crippen molar-refractivity contribution < 1.29 is 24.2 Å². The molecular weight excluding hydrogens is 432 g/mol. The molecule has 34 heavy (non-hydrogen) atoms. The summed E-state index contributed by atoms with van der Waals surface area (Å²) in [5.74, 6) is -1.29. The van der Waals surface area contributed by atoms with Crippen molar-refractivity contribution in [3.63, 3.8) is 0 Å². The number of carbonyl (C=O) groups excluding carboxylic acids is 2. The fourth-order valence-corrected chi connectivity index (χ4v) is 5.28. The van der Waals surface area contributed by atoms with Crippen LogP contribution in [0.5, 0.6) is 0 Å². The van der Waals surface area contributed by atoms with Crippen LogP contribution in [0.15, 0.2) is 48.5 Å². The number of ether oxygens (including phenoxy) is 1. The first kappa shape index (κ1) is 23.8. The maximum atomic E-state index is 12.8. The molecule has 0 saturated heterocycles. The van der Waals surface area contributed by atoms with E-state index in [0.717, 1.165) is 47.9 Å².